The number of amides is 1. The van der Waals surface area contributed by atoms with Crippen molar-refractivity contribution in [2.24, 2.45) is 0 Å². The van der Waals surface area contributed by atoms with Gasteiger partial charge in [0.2, 0.25) is 0 Å². The fourth-order valence-electron chi connectivity index (χ4n) is 4.74. The second-order valence-electron chi connectivity index (χ2n) is 10.5. The van der Waals surface area contributed by atoms with E-state index < -0.39 is 17.9 Å². The molecule has 3 aromatic carbocycles. The Labute approximate surface area is 238 Å². The summed E-state index contributed by atoms with van der Waals surface area (Å²) in [6, 6.07) is 16.2. The average molecular weight is 565 g/mol. The number of carbonyl (C=O) groups is 2. The van der Waals surface area contributed by atoms with E-state index in [4.69, 9.17) is 16.3 Å². The molecule has 0 aliphatic carbocycles. The largest absolute Gasteiger partial charge is 0.479 e. The van der Waals surface area contributed by atoms with Crippen LogP contribution in [0.1, 0.15) is 78.0 Å². The molecule has 0 aliphatic heterocycles. The van der Waals surface area contributed by atoms with Gasteiger partial charge in [0.15, 0.2) is 6.10 Å². The number of halogens is 2. The van der Waals surface area contributed by atoms with Gasteiger partial charge in [0, 0.05) is 27.7 Å². The lowest BCUT2D eigenvalue weighted by molar-refractivity contribution is -0.144. The summed E-state index contributed by atoms with van der Waals surface area (Å²) in [5.74, 6) is -1.35. The van der Waals surface area contributed by atoms with Gasteiger partial charge in [-0.2, -0.15) is 0 Å². The van der Waals surface area contributed by atoms with Crippen LogP contribution in [0.5, 0.6) is 5.75 Å². The lowest BCUT2D eigenvalue weighted by Crippen LogP contribution is -2.26. The molecule has 0 saturated carbocycles. The highest BCUT2D eigenvalue weighted by Crippen LogP contribution is 2.32. The fraction of sp³-hybridized carbons (Fsp3) is 0.312. The predicted molar refractivity (Wildman–Crippen MR) is 156 cm³/mol. The van der Waals surface area contributed by atoms with E-state index in [1.54, 1.807) is 6.07 Å². The van der Waals surface area contributed by atoms with E-state index in [9.17, 15) is 19.1 Å². The van der Waals surface area contributed by atoms with Crippen molar-refractivity contribution in [3.8, 4) is 5.75 Å². The van der Waals surface area contributed by atoms with E-state index in [2.05, 4.69) is 31.3 Å². The summed E-state index contributed by atoms with van der Waals surface area (Å²) in [5, 5.41) is 13.2. The molecule has 4 rings (SSSR count). The van der Waals surface area contributed by atoms with E-state index in [0.29, 0.717) is 17.0 Å². The second kappa shape index (κ2) is 11.7. The molecule has 1 amide bonds. The van der Waals surface area contributed by atoms with Crippen molar-refractivity contribution in [3.63, 3.8) is 0 Å². The maximum atomic E-state index is 14.9. The van der Waals surface area contributed by atoms with E-state index in [-0.39, 0.29) is 29.3 Å². The topological polar surface area (TPSA) is 80.6 Å². The summed E-state index contributed by atoms with van der Waals surface area (Å²) in [6.07, 6.45) is -1.14. The number of ether oxygens (including phenoxy) is 1. The van der Waals surface area contributed by atoms with Gasteiger partial charge in [-0.1, -0.05) is 49.7 Å². The van der Waals surface area contributed by atoms with E-state index >= 15 is 0 Å². The van der Waals surface area contributed by atoms with Crippen molar-refractivity contribution in [1.82, 2.24) is 9.88 Å². The Morgan fingerprint density at radius 1 is 1.02 bits per heavy atom. The number of fused-ring (bicyclic) bond motifs is 1. The van der Waals surface area contributed by atoms with Crippen LogP contribution in [0.2, 0.25) is 5.02 Å². The van der Waals surface area contributed by atoms with E-state index in [1.165, 1.54) is 18.6 Å². The van der Waals surface area contributed by atoms with Crippen molar-refractivity contribution in [2.75, 3.05) is 0 Å². The first-order chi connectivity index (χ1) is 18.9. The number of nitrogens with one attached hydrogen (secondary N) is 1. The molecule has 4 aromatic rings. The van der Waals surface area contributed by atoms with Crippen LogP contribution >= 0.6 is 11.6 Å². The van der Waals surface area contributed by atoms with Gasteiger partial charge in [0.05, 0.1) is 17.6 Å². The molecular formula is C32H34ClFN2O4. The van der Waals surface area contributed by atoms with Crippen molar-refractivity contribution >= 4 is 34.4 Å². The molecule has 0 radical (unpaired) electrons. The minimum absolute atomic E-state index is 0.000400. The number of carbonyl (C=O) groups excluding carboxylic acids is 1. The lowest BCUT2D eigenvalue weighted by atomic mass is 9.98. The molecule has 6 nitrogen and oxygen atoms in total. The standard InChI is InChI=1S/C32H34ClFN2O4/c1-17(2)22-8-7-9-23(12-22)19(4)35-31(37)24-10-11-29-26(13-24)18(3)20(5)36(29)16-25-14-30(27(33)15-28(25)34)40-21(6)32(38)39/h7-15,17,19,21H,16H2,1-6H3,(H,35,37)(H,38,39)/t19-,21?/m0/s1. The highest BCUT2D eigenvalue weighted by atomic mass is 35.5. The van der Waals surface area contributed by atoms with Gasteiger partial charge < -0.3 is 19.7 Å². The SMILES string of the molecule is Cc1c(C)n(Cc2cc(OC(C)C(=O)O)c(Cl)cc2F)c2ccc(C(=O)N[C@@H](C)c3cccc(C(C)C)c3)cc12. The van der Waals surface area contributed by atoms with Crippen LogP contribution in [0.25, 0.3) is 10.9 Å². The van der Waals surface area contributed by atoms with Crippen LogP contribution in [-0.2, 0) is 11.3 Å². The summed E-state index contributed by atoms with van der Waals surface area (Å²) in [6.45, 7) is 11.7. The Hall–Kier alpha value is -3.84. The average Bonchev–Trinajstić information content (AvgIpc) is 3.15. The van der Waals surface area contributed by atoms with Gasteiger partial charge in [0.25, 0.3) is 5.91 Å². The summed E-state index contributed by atoms with van der Waals surface area (Å²) in [5.41, 5.74) is 5.85. The molecular weight excluding hydrogens is 531 g/mol. The maximum absolute atomic E-state index is 14.9. The molecule has 2 atom stereocenters. The van der Waals surface area contributed by atoms with Crippen LogP contribution in [0, 0.1) is 19.7 Å². The number of aliphatic carboxylic acids is 1. The molecule has 0 aliphatic rings. The monoisotopic (exact) mass is 564 g/mol. The molecule has 1 aromatic heterocycles. The summed E-state index contributed by atoms with van der Waals surface area (Å²) in [7, 11) is 0. The third-order valence-electron chi connectivity index (χ3n) is 7.41. The molecule has 0 bridgehead atoms. The van der Waals surface area contributed by atoms with Crippen molar-refractivity contribution in [1.29, 1.82) is 0 Å². The van der Waals surface area contributed by atoms with Gasteiger partial charge in [-0.15, -0.1) is 0 Å². The van der Waals surface area contributed by atoms with Crippen molar-refractivity contribution in [2.45, 2.75) is 66.2 Å². The number of rotatable bonds is 9. The number of hydrogen-bond acceptors (Lipinski definition) is 3. The zero-order valence-electron chi connectivity index (χ0n) is 23.5. The van der Waals surface area contributed by atoms with Gasteiger partial charge in [-0.3, -0.25) is 4.79 Å². The van der Waals surface area contributed by atoms with Gasteiger partial charge in [-0.25, -0.2) is 9.18 Å². The van der Waals surface area contributed by atoms with Crippen molar-refractivity contribution in [3.05, 3.63) is 98.9 Å². The third kappa shape index (κ3) is 5.99. The van der Waals surface area contributed by atoms with Crippen LogP contribution in [0.4, 0.5) is 4.39 Å². The molecule has 2 N–H and O–H groups in total. The summed E-state index contributed by atoms with van der Waals surface area (Å²) < 4.78 is 22.3. The molecule has 0 saturated heterocycles. The summed E-state index contributed by atoms with van der Waals surface area (Å²) >= 11 is 6.12. The van der Waals surface area contributed by atoms with Gasteiger partial charge >= 0.3 is 5.97 Å². The normalized spacial score (nSPS) is 12.9. The zero-order chi connectivity index (χ0) is 29.3. The predicted octanol–water partition coefficient (Wildman–Crippen LogP) is 7.57. The highest BCUT2D eigenvalue weighted by Gasteiger charge is 2.20. The number of aryl methyl sites for hydroxylation is 1. The van der Waals surface area contributed by atoms with E-state index in [0.717, 1.165) is 33.8 Å². The van der Waals surface area contributed by atoms with Crippen LogP contribution in [-0.4, -0.2) is 27.7 Å². The molecule has 210 valence electrons. The first-order valence-electron chi connectivity index (χ1n) is 13.2. The number of benzene rings is 3. The molecule has 1 unspecified atom stereocenters. The van der Waals surface area contributed by atoms with Crippen LogP contribution in [0.3, 0.4) is 0 Å². The van der Waals surface area contributed by atoms with Crippen LogP contribution < -0.4 is 10.1 Å². The first kappa shape index (κ1) is 29.2. The number of hydrogen-bond donors (Lipinski definition) is 2. The van der Waals surface area contributed by atoms with Crippen LogP contribution in [0.15, 0.2) is 54.6 Å². The van der Waals surface area contributed by atoms with Gasteiger partial charge in [0.1, 0.15) is 11.6 Å². The molecule has 40 heavy (non-hydrogen) atoms. The van der Waals surface area contributed by atoms with Gasteiger partial charge in [-0.05, 0) is 80.6 Å². The molecule has 0 fully saturated rings. The fourth-order valence-corrected chi connectivity index (χ4v) is 4.93. The highest BCUT2D eigenvalue weighted by molar-refractivity contribution is 6.32. The molecule has 1 heterocycles. The minimum Gasteiger partial charge on any atom is -0.479 e. The number of aromatic nitrogens is 1. The number of carboxylic acid groups (broad SMARTS) is 1. The quantitative estimate of drug-likeness (QED) is 0.220. The number of carboxylic acids is 1. The third-order valence-corrected chi connectivity index (χ3v) is 7.70. The first-order valence-corrected chi connectivity index (χ1v) is 13.6. The Balaban J connectivity index is 1.61. The van der Waals surface area contributed by atoms with E-state index in [1.807, 2.05) is 49.6 Å². The zero-order valence-corrected chi connectivity index (χ0v) is 24.3. The summed E-state index contributed by atoms with van der Waals surface area (Å²) in [4.78, 5) is 24.4. The smallest absolute Gasteiger partial charge is 0.344 e. The second-order valence-corrected chi connectivity index (χ2v) is 10.9. The Bertz CT molecular complexity index is 1590. The maximum Gasteiger partial charge on any atom is 0.344 e. The van der Waals surface area contributed by atoms with Crippen molar-refractivity contribution < 1.29 is 23.8 Å². The molecule has 8 heteroatoms. The number of nitrogens with zero attached hydrogens (tertiary/aromatic N) is 1. The Morgan fingerprint density at radius 3 is 2.40 bits per heavy atom. The Morgan fingerprint density at radius 2 is 1.73 bits per heavy atom. The minimum atomic E-state index is -1.15. The molecule has 0 spiro atoms. The lowest BCUT2D eigenvalue weighted by Gasteiger charge is -2.17. The Kier molecular flexibility index (Phi) is 8.54.